The van der Waals surface area contributed by atoms with Gasteiger partial charge in [0, 0.05) is 5.54 Å². The summed E-state index contributed by atoms with van der Waals surface area (Å²) < 4.78 is 0. The lowest BCUT2D eigenvalue weighted by Crippen LogP contribution is -2.46. The van der Waals surface area contributed by atoms with Crippen LogP contribution in [0.25, 0.3) is 0 Å². The van der Waals surface area contributed by atoms with Crippen molar-refractivity contribution in [2.24, 2.45) is 0 Å². The summed E-state index contributed by atoms with van der Waals surface area (Å²) in [7, 11) is 0. The lowest BCUT2D eigenvalue weighted by molar-refractivity contribution is -0.191. The average molecular weight is 217 g/mol. The summed E-state index contributed by atoms with van der Waals surface area (Å²) in [6, 6.07) is 10.1. The molecule has 0 bridgehead atoms. The van der Waals surface area contributed by atoms with Crippen LogP contribution in [0.2, 0.25) is 0 Å². The molecule has 16 heavy (non-hydrogen) atoms. The average Bonchev–Trinajstić information content (AvgIpc) is 2.54. The lowest BCUT2D eigenvalue weighted by Gasteiger charge is -2.37. The van der Waals surface area contributed by atoms with Crippen molar-refractivity contribution in [3.63, 3.8) is 0 Å². The maximum Gasteiger partial charge on any atom is 0.0893 e. The van der Waals surface area contributed by atoms with Crippen LogP contribution >= 0.6 is 0 Å². The lowest BCUT2D eigenvalue weighted by atomic mass is 9.88. The Morgan fingerprint density at radius 1 is 1.25 bits per heavy atom. The van der Waals surface area contributed by atoms with Gasteiger partial charge in [0.2, 0.25) is 0 Å². The minimum Gasteiger partial charge on any atom is -0.312 e. The van der Waals surface area contributed by atoms with Crippen molar-refractivity contribution in [1.29, 1.82) is 0 Å². The molecule has 0 radical (unpaired) electrons. The van der Waals surface area contributed by atoms with E-state index in [2.05, 4.69) is 20.4 Å². The summed E-state index contributed by atoms with van der Waals surface area (Å²) in [5, 5.41) is 11.8. The predicted molar refractivity (Wildman–Crippen MR) is 65.3 cm³/mol. The molecule has 1 saturated heterocycles. The molecule has 1 aliphatic heterocycles. The first-order valence-corrected chi connectivity index (χ1v) is 5.71. The molecule has 2 nitrogen and oxygen atoms in total. The Bertz CT molecular complexity index is 385. The molecule has 1 heterocycles. The number of rotatable bonds is 2. The second-order valence-electron chi connectivity index (χ2n) is 5.12. The van der Waals surface area contributed by atoms with Crippen LogP contribution in [-0.4, -0.2) is 15.8 Å². The molecule has 1 aliphatic rings. The van der Waals surface area contributed by atoms with Crippen LogP contribution < -0.4 is 0 Å². The van der Waals surface area contributed by atoms with E-state index in [9.17, 15) is 5.21 Å². The zero-order valence-corrected chi connectivity index (χ0v) is 9.98. The third-order valence-corrected chi connectivity index (χ3v) is 3.68. The van der Waals surface area contributed by atoms with Gasteiger partial charge in [0.15, 0.2) is 0 Å². The molecule has 1 fully saturated rings. The van der Waals surface area contributed by atoms with Gasteiger partial charge in [-0.05, 0) is 32.3 Å². The predicted octanol–water partition coefficient (Wildman–Crippen LogP) is 3.33. The summed E-state index contributed by atoms with van der Waals surface area (Å²) in [6.07, 6.45) is 3.73. The zero-order chi connectivity index (χ0) is 11.8. The van der Waals surface area contributed by atoms with Gasteiger partial charge in [-0.2, -0.15) is 5.06 Å². The highest BCUT2D eigenvalue weighted by molar-refractivity contribution is 5.31. The van der Waals surface area contributed by atoms with Crippen LogP contribution in [0.15, 0.2) is 43.0 Å². The van der Waals surface area contributed by atoms with Crippen molar-refractivity contribution in [1.82, 2.24) is 5.06 Å². The molecule has 86 valence electrons. The van der Waals surface area contributed by atoms with Crippen molar-refractivity contribution < 1.29 is 5.21 Å². The summed E-state index contributed by atoms with van der Waals surface area (Å²) >= 11 is 0. The normalized spacial score (nSPS) is 29.2. The maximum absolute atomic E-state index is 10.4. The molecule has 0 aromatic heterocycles. The van der Waals surface area contributed by atoms with Crippen molar-refractivity contribution in [3.8, 4) is 0 Å². The largest absolute Gasteiger partial charge is 0.312 e. The van der Waals surface area contributed by atoms with Gasteiger partial charge in [-0.25, -0.2) is 0 Å². The molecular weight excluding hydrogens is 198 g/mol. The van der Waals surface area contributed by atoms with Gasteiger partial charge in [-0.15, -0.1) is 6.58 Å². The molecule has 2 rings (SSSR count). The molecule has 0 saturated carbocycles. The van der Waals surface area contributed by atoms with Gasteiger partial charge in [0.1, 0.15) is 0 Å². The van der Waals surface area contributed by atoms with E-state index in [1.165, 1.54) is 5.06 Å². The van der Waals surface area contributed by atoms with Crippen molar-refractivity contribution in [2.45, 2.75) is 37.8 Å². The zero-order valence-electron chi connectivity index (χ0n) is 9.98. The molecule has 0 aliphatic carbocycles. The van der Waals surface area contributed by atoms with Gasteiger partial charge >= 0.3 is 0 Å². The van der Waals surface area contributed by atoms with Crippen LogP contribution in [0.3, 0.4) is 0 Å². The van der Waals surface area contributed by atoms with Crippen molar-refractivity contribution in [3.05, 3.63) is 48.6 Å². The Morgan fingerprint density at radius 3 is 2.31 bits per heavy atom. The minimum absolute atomic E-state index is 0.190. The second kappa shape index (κ2) is 3.72. The van der Waals surface area contributed by atoms with E-state index >= 15 is 0 Å². The number of nitrogens with zero attached hydrogens (tertiary/aromatic N) is 1. The van der Waals surface area contributed by atoms with Gasteiger partial charge in [-0.3, -0.25) is 0 Å². The summed E-state index contributed by atoms with van der Waals surface area (Å²) in [5.41, 5.74) is 0.493. The molecule has 2 heteroatoms. The molecule has 0 spiro atoms. The summed E-state index contributed by atoms with van der Waals surface area (Å²) in [5.74, 6) is 0. The molecule has 1 atom stereocenters. The van der Waals surface area contributed by atoms with Gasteiger partial charge in [-0.1, -0.05) is 36.4 Å². The van der Waals surface area contributed by atoms with Gasteiger partial charge in [0.05, 0.1) is 5.54 Å². The second-order valence-corrected chi connectivity index (χ2v) is 5.12. The van der Waals surface area contributed by atoms with Crippen LogP contribution in [0.1, 0.15) is 32.3 Å². The van der Waals surface area contributed by atoms with E-state index in [1.54, 1.807) is 0 Å². The number of benzene rings is 1. The quantitative estimate of drug-likeness (QED) is 0.768. The Morgan fingerprint density at radius 2 is 1.88 bits per heavy atom. The summed E-state index contributed by atoms with van der Waals surface area (Å²) in [6.45, 7) is 8.02. The molecular formula is C14H19NO. The smallest absolute Gasteiger partial charge is 0.0893 e. The Hall–Kier alpha value is -1.12. The monoisotopic (exact) mass is 217 g/mol. The van der Waals surface area contributed by atoms with Crippen LogP contribution in [0.4, 0.5) is 0 Å². The van der Waals surface area contributed by atoms with E-state index in [-0.39, 0.29) is 5.54 Å². The van der Waals surface area contributed by atoms with E-state index < -0.39 is 5.54 Å². The third-order valence-electron chi connectivity index (χ3n) is 3.68. The highest BCUT2D eigenvalue weighted by Crippen LogP contribution is 2.46. The molecule has 1 N–H and O–H groups in total. The standard InChI is InChI=1S/C14H19NO/c1-4-14(12-8-6-5-7-9-12)11-10-13(2,3)15(14)16/h4-9,16H,1,10-11H2,2-3H3/t14-/m0/s1. The first-order chi connectivity index (χ1) is 7.53. The fourth-order valence-corrected chi connectivity index (χ4v) is 2.55. The summed E-state index contributed by atoms with van der Waals surface area (Å²) in [4.78, 5) is 0. The Balaban J connectivity index is 2.47. The molecule has 1 aromatic rings. The Labute approximate surface area is 97.2 Å². The van der Waals surface area contributed by atoms with Gasteiger partial charge < -0.3 is 5.21 Å². The van der Waals surface area contributed by atoms with E-state index in [4.69, 9.17) is 0 Å². The topological polar surface area (TPSA) is 23.5 Å². The van der Waals surface area contributed by atoms with E-state index in [0.717, 1.165) is 18.4 Å². The van der Waals surface area contributed by atoms with E-state index in [1.807, 2.05) is 36.4 Å². The first-order valence-electron chi connectivity index (χ1n) is 5.71. The number of hydroxylamine groups is 2. The van der Waals surface area contributed by atoms with Crippen LogP contribution in [-0.2, 0) is 5.54 Å². The number of hydrogen-bond donors (Lipinski definition) is 1. The van der Waals surface area contributed by atoms with Crippen molar-refractivity contribution in [2.75, 3.05) is 0 Å². The maximum atomic E-state index is 10.4. The fourth-order valence-electron chi connectivity index (χ4n) is 2.55. The van der Waals surface area contributed by atoms with Gasteiger partial charge in [0.25, 0.3) is 0 Å². The first kappa shape index (κ1) is 11.4. The highest BCUT2D eigenvalue weighted by atomic mass is 16.5. The van der Waals surface area contributed by atoms with Crippen molar-refractivity contribution >= 4 is 0 Å². The molecule has 1 aromatic carbocycles. The fraction of sp³-hybridized carbons (Fsp3) is 0.429. The SMILES string of the molecule is C=C[C@@]1(c2ccccc2)CCC(C)(C)N1O. The highest BCUT2D eigenvalue weighted by Gasteiger charge is 2.49. The van der Waals surface area contributed by atoms with Crippen LogP contribution in [0.5, 0.6) is 0 Å². The molecule has 0 unspecified atom stereocenters. The number of hydrogen-bond acceptors (Lipinski definition) is 2. The molecule has 0 amide bonds. The minimum atomic E-state index is -0.426. The van der Waals surface area contributed by atoms with Crippen LogP contribution in [0, 0.1) is 0 Å². The third kappa shape index (κ3) is 1.49. The van der Waals surface area contributed by atoms with E-state index in [0.29, 0.717) is 0 Å². The Kier molecular flexibility index (Phi) is 2.64.